The maximum absolute atomic E-state index is 2.73. The summed E-state index contributed by atoms with van der Waals surface area (Å²) in [5.41, 5.74) is 0. The van der Waals surface area contributed by atoms with E-state index in [0.717, 1.165) is 1.45 Å². The summed E-state index contributed by atoms with van der Waals surface area (Å²) < 4.78 is 1.04. The van der Waals surface area contributed by atoms with E-state index in [2.05, 4.69) is 29.6 Å². The SMILES string of the molecule is [CH3][Sn]([CH3])([CH3])[C]1([Sn]([CH3])([CH3])[CH3])[C@@H]2CCCC[C@@H]21. The Morgan fingerprint density at radius 3 is 1.33 bits per heavy atom. The van der Waals surface area contributed by atoms with Crippen molar-refractivity contribution in [3.05, 3.63) is 0 Å². The van der Waals surface area contributed by atoms with Crippen LogP contribution in [0.3, 0.4) is 0 Å². The molecule has 0 amide bonds. The van der Waals surface area contributed by atoms with Crippen molar-refractivity contribution >= 4 is 36.8 Å². The Bertz CT molecular complexity index is 229. The predicted molar refractivity (Wildman–Crippen MR) is 74.8 cm³/mol. The van der Waals surface area contributed by atoms with Gasteiger partial charge < -0.3 is 0 Å². The molecule has 2 aliphatic rings. The Morgan fingerprint density at radius 2 is 1.07 bits per heavy atom. The van der Waals surface area contributed by atoms with Crippen LogP contribution < -0.4 is 0 Å². The van der Waals surface area contributed by atoms with Crippen LogP contribution >= 0.6 is 0 Å². The van der Waals surface area contributed by atoms with Gasteiger partial charge in [-0.2, -0.15) is 0 Å². The third-order valence-corrected chi connectivity index (χ3v) is 52.4. The van der Waals surface area contributed by atoms with Crippen LogP contribution in [-0.2, 0) is 0 Å². The molecule has 0 unspecified atom stereocenters. The Kier molecular flexibility index (Phi) is 3.30. The van der Waals surface area contributed by atoms with E-state index < -0.39 is 36.8 Å². The maximum atomic E-state index is 2.73. The van der Waals surface area contributed by atoms with Gasteiger partial charge in [0.05, 0.1) is 0 Å². The van der Waals surface area contributed by atoms with E-state index >= 15 is 0 Å². The van der Waals surface area contributed by atoms with Gasteiger partial charge in [0.25, 0.3) is 0 Å². The van der Waals surface area contributed by atoms with Crippen molar-refractivity contribution in [2.75, 3.05) is 0 Å². The molecule has 0 spiro atoms. The number of rotatable bonds is 2. The molecule has 0 bridgehead atoms. The van der Waals surface area contributed by atoms with E-state index in [1.807, 2.05) is 0 Å². The number of fused-ring (bicyclic) bond motifs is 1. The molecule has 2 aliphatic carbocycles. The Labute approximate surface area is 104 Å². The first-order chi connectivity index (χ1) is 6.73. The zero-order valence-corrected chi connectivity index (χ0v) is 17.2. The molecule has 15 heavy (non-hydrogen) atoms. The van der Waals surface area contributed by atoms with Crippen LogP contribution in [0.25, 0.3) is 0 Å². The molecule has 0 aromatic rings. The van der Waals surface area contributed by atoms with Crippen molar-refractivity contribution in [3.63, 3.8) is 0 Å². The normalized spacial score (nSPS) is 34.8. The van der Waals surface area contributed by atoms with E-state index in [9.17, 15) is 0 Å². The third-order valence-electron chi connectivity index (χ3n) is 5.31. The number of hydrogen-bond acceptors (Lipinski definition) is 0. The molecule has 2 rings (SSSR count). The molecule has 0 nitrogen and oxygen atoms in total. The predicted octanol–water partition coefficient (Wildman–Crippen LogP) is 4.76. The summed E-state index contributed by atoms with van der Waals surface area (Å²) in [6.45, 7) is 0. The van der Waals surface area contributed by atoms with Crippen LogP contribution in [0.15, 0.2) is 0 Å². The summed E-state index contributed by atoms with van der Waals surface area (Å²) in [4.78, 5) is 16.4. The Morgan fingerprint density at radius 1 is 0.733 bits per heavy atom. The summed E-state index contributed by atoms with van der Waals surface area (Å²) in [6, 6.07) is 0. The second kappa shape index (κ2) is 3.79. The molecule has 0 radical (unpaired) electrons. The monoisotopic (exact) mass is 424 g/mol. The van der Waals surface area contributed by atoms with Gasteiger partial charge in [-0.15, -0.1) is 0 Å². The second-order valence-corrected chi connectivity index (χ2v) is 42.3. The summed E-state index contributed by atoms with van der Waals surface area (Å²) in [5.74, 6) is 2.44. The summed E-state index contributed by atoms with van der Waals surface area (Å²) in [6.07, 6.45) is 6.31. The molecule has 88 valence electrons. The molecule has 2 heteroatoms. The first-order valence-electron chi connectivity index (χ1n) is 6.73. The summed E-state index contributed by atoms with van der Waals surface area (Å²) >= 11 is -3.44. The molecule has 0 N–H and O–H groups in total. The van der Waals surface area contributed by atoms with E-state index in [-0.39, 0.29) is 0 Å². The first kappa shape index (κ1) is 13.0. The van der Waals surface area contributed by atoms with Gasteiger partial charge in [0.1, 0.15) is 0 Å². The van der Waals surface area contributed by atoms with Gasteiger partial charge in [0.2, 0.25) is 0 Å². The minimum absolute atomic E-state index is 1.04. The fourth-order valence-electron chi connectivity index (χ4n) is 5.47. The van der Waals surface area contributed by atoms with Crippen molar-refractivity contribution < 1.29 is 0 Å². The van der Waals surface area contributed by atoms with E-state index in [1.165, 1.54) is 11.8 Å². The van der Waals surface area contributed by atoms with Crippen LogP contribution in [0.4, 0.5) is 0 Å². The summed E-state index contributed by atoms with van der Waals surface area (Å²) in [7, 11) is 0. The van der Waals surface area contributed by atoms with Gasteiger partial charge in [-0.25, -0.2) is 0 Å². The molecule has 2 atom stereocenters. The molecule has 2 saturated carbocycles. The average molecular weight is 422 g/mol. The van der Waals surface area contributed by atoms with Crippen molar-refractivity contribution in [2.45, 2.75) is 56.8 Å². The molecule has 2 fully saturated rings. The average Bonchev–Trinajstić information content (AvgIpc) is 2.70. The van der Waals surface area contributed by atoms with Crippen LogP contribution in [0.5, 0.6) is 0 Å². The minimum atomic E-state index is -1.72. The van der Waals surface area contributed by atoms with Crippen molar-refractivity contribution in [1.29, 1.82) is 0 Å². The van der Waals surface area contributed by atoms with Gasteiger partial charge in [-0.05, 0) is 0 Å². The topological polar surface area (TPSA) is 0 Å². The van der Waals surface area contributed by atoms with E-state index in [4.69, 9.17) is 0 Å². The Hall–Kier alpha value is 1.60. The van der Waals surface area contributed by atoms with Gasteiger partial charge in [0.15, 0.2) is 0 Å². The van der Waals surface area contributed by atoms with E-state index in [0.29, 0.717) is 0 Å². The zero-order valence-electron chi connectivity index (χ0n) is 11.5. The van der Waals surface area contributed by atoms with Crippen LogP contribution in [-0.4, -0.2) is 36.8 Å². The van der Waals surface area contributed by atoms with Gasteiger partial charge in [-0.1, -0.05) is 0 Å². The van der Waals surface area contributed by atoms with Crippen LogP contribution in [0, 0.1) is 11.8 Å². The first-order valence-corrected chi connectivity index (χ1v) is 26.7. The van der Waals surface area contributed by atoms with Crippen molar-refractivity contribution in [1.82, 2.24) is 0 Å². The second-order valence-electron chi connectivity index (χ2n) is 7.87. The van der Waals surface area contributed by atoms with Crippen LogP contribution in [0.1, 0.15) is 25.7 Å². The standard InChI is InChI=1S/C7H10.6CH3.2Sn/c1-2-4-7-5-6(7)3-1;;;;;;;;/h6-7H,1-4H2;6*1H3;;/t6-,7+;;;;;;;;. The van der Waals surface area contributed by atoms with Gasteiger partial charge >= 0.3 is 105 Å². The van der Waals surface area contributed by atoms with E-state index in [1.54, 1.807) is 25.7 Å². The van der Waals surface area contributed by atoms with Crippen LogP contribution in [0.2, 0.25) is 31.1 Å². The fraction of sp³-hybridized carbons (Fsp3) is 1.00. The molecule has 0 heterocycles. The Balaban J connectivity index is 2.36. The fourth-order valence-corrected chi connectivity index (χ4v) is 71.1. The molecule has 0 aromatic carbocycles. The zero-order chi connectivity index (χ0) is 11.5. The van der Waals surface area contributed by atoms with Gasteiger partial charge in [-0.3, -0.25) is 0 Å². The molecule has 0 saturated heterocycles. The quantitative estimate of drug-likeness (QED) is 0.564. The molecular weight excluding hydrogens is 394 g/mol. The van der Waals surface area contributed by atoms with Crippen molar-refractivity contribution in [2.24, 2.45) is 11.8 Å². The summed E-state index contributed by atoms with van der Waals surface area (Å²) in [5, 5.41) is 0. The molecule has 0 aliphatic heterocycles. The van der Waals surface area contributed by atoms with Gasteiger partial charge in [0, 0.05) is 0 Å². The number of hydrogen-bond donors (Lipinski definition) is 0. The third kappa shape index (κ3) is 1.75. The molecular formula is C13H28Sn2. The van der Waals surface area contributed by atoms with Crippen molar-refractivity contribution in [3.8, 4) is 0 Å². The molecule has 0 aromatic heterocycles.